The van der Waals surface area contributed by atoms with Crippen LogP contribution in [0.5, 0.6) is 0 Å². The van der Waals surface area contributed by atoms with E-state index in [1.807, 2.05) is 11.6 Å². The minimum atomic E-state index is -0.180. The lowest BCUT2D eigenvalue weighted by molar-refractivity contribution is -0.120. The van der Waals surface area contributed by atoms with Gasteiger partial charge in [0, 0.05) is 19.3 Å². The van der Waals surface area contributed by atoms with Crippen molar-refractivity contribution in [3.63, 3.8) is 0 Å². The number of carbonyl (C=O) groups excluding carboxylic acids is 1. The van der Waals surface area contributed by atoms with Crippen molar-refractivity contribution >= 4 is 17.7 Å². The van der Waals surface area contributed by atoms with Gasteiger partial charge in [-0.15, -0.1) is 5.10 Å². The normalized spacial score (nSPS) is 21.6. The highest BCUT2D eigenvalue weighted by Gasteiger charge is 2.28. The van der Waals surface area contributed by atoms with Crippen molar-refractivity contribution in [1.29, 1.82) is 0 Å². The largest absolute Gasteiger partial charge is 0.381 e. The van der Waals surface area contributed by atoms with E-state index in [9.17, 15) is 4.79 Å². The van der Waals surface area contributed by atoms with Crippen LogP contribution in [0, 0.1) is 0 Å². The zero-order chi connectivity index (χ0) is 13.9. The maximum atomic E-state index is 12.0. The molecule has 0 aromatic carbocycles. The van der Waals surface area contributed by atoms with Crippen molar-refractivity contribution in [1.82, 2.24) is 25.5 Å². The lowest BCUT2D eigenvalue weighted by Crippen LogP contribution is -2.32. The molecule has 1 aliphatic carbocycles. The predicted octanol–water partition coefficient (Wildman–Crippen LogP) is 0.784. The zero-order valence-electron chi connectivity index (χ0n) is 11.5. The Labute approximate surface area is 121 Å². The second kappa shape index (κ2) is 6.09. The first-order valence-corrected chi connectivity index (χ1v) is 7.94. The second-order valence-electron chi connectivity index (χ2n) is 5.29. The topological polar surface area (TPSA) is 81.9 Å². The van der Waals surface area contributed by atoms with Crippen LogP contribution < -0.4 is 5.32 Å². The van der Waals surface area contributed by atoms with Gasteiger partial charge in [-0.25, -0.2) is 4.68 Å². The van der Waals surface area contributed by atoms with Crippen LogP contribution in [0.1, 0.15) is 38.6 Å². The molecule has 20 heavy (non-hydrogen) atoms. The Morgan fingerprint density at radius 1 is 1.40 bits per heavy atom. The molecule has 2 heterocycles. The summed E-state index contributed by atoms with van der Waals surface area (Å²) in [7, 11) is 0. The maximum Gasteiger partial charge on any atom is 0.233 e. The van der Waals surface area contributed by atoms with Crippen molar-refractivity contribution in [3.05, 3.63) is 0 Å². The van der Waals surface area contributed by atoms with Gasteiger partial charge in [0.1, 0.15) is 0 Å². The van der Waals surface area contributed by atoms with Crippen molar-refractivity contribution in [2.24, 2.45) is 0 Å². The highest BCUT2D eigenvalue weighted by atomic mass is 32.2. The Morgan fingerprint density at radius 3 is 2.85 bits per heavy atom. The molecule has 1 aromatic rings. The Balaban J connectivity index is 1.61. The van der Waals surface area contributed by atoms with Crippen LogP contribution in [0.4, 0.5) is 0 Å². The minimum Gasteiger partial charge on any atom is -0.381 e. The summed E-state index contributed by atoms with van der Waals surface area (Å²) in [6.45, 7) is 3.38. The molecule has 2 fully saturated rings. The molecule has 0 radical (unpaired) electrons. The first-order chi connectivity index (χ1) is 9.74. The number of nitrogens with one attached hydrogen (secondary N) is 1. The first kappa shape index (κ1) is 13.8. The van der Waals surface area contributed by atoms with Gasteiger partial charge in [-0.2, -0.15) is 0 Å². The Kier molecular flexibility index (Phi) is 4.21. The number of hydrogen-bond acceptors (Lipinski definition) is 6. The third-order valence-electron chi connectivity index (χ3n) is 3.57. The average molecular weight is 297 g/mol. The van der Waals surface area contributed by atoms with E-state index < -0.39 is 0 Å². The third kappa shape index (κ3) is 3.29. The molecule has 1 amide bonds. The van der Waals surface area contributed by atoms with Crippen molar-refractivity contribution in [3.8, 4) is 0 Å². The van der Waals surface area contributed by atoms with E-state index in [0.717, 1.165) is 44.1 Å². The van der Waals surface area contributed by atoms with E-state index in [4.69, 9.17) is 4.74 Å². The van der Waals surface area contributed by atoms with Gasteiger partial charge < -0.3 is 10.1 Å². The molecule has 0 unspecified atom stereocenters. The molecule has 8 heteroatoms. The highest BCUT2D eigenvalue weighted by Crippen LogP contribution is 2.28. The molecule has 2 aliphatic rings. The molecule has 0 spiro atoms. The molecule has 7 nitrogen and oxygen atoms in total. The van der Waals surface area contributed by atoms with E-state index >= 15 is 0 Å². The lowest BCUT2D eigenvalue weighted by Gasteiger charge is -2.22. The van der Waals surface area contributed by atoms with Gasteiger partial charge in [-0.05, 0) is 43.0 Å². The van der Waals surface area contributed by atoms with Crippen molar-refractivity contribution < 1.29 is 9.53 Å². The van der Waals surface area contributed by atoms with Crippen LogP contribution >= 0.6 is 11.8 Å². The summed E-state index contributed by atoms with van der Waals surface area (Å²) < 4.78 is 7.20. The van der Waals surface area contributed by atoms with Gasteiger partial charge in [0.25, 0.3) is 0 Å². The summed E-state index contributed by atoms with van der Waals surface area (Å²) in [5, 5.41) is 15.4. The number of thioether (sulfide) groups is 1. The summed E-state index contributed by atoms with van der Waals surface area (Å²) >= 11 is 1.42. The Morgan fingerprint density at radius 2 is 2.15 bits per heavy atom. The predicted molar refractivity (Wildman–Crippen MR) is 73.4 cm³/mol. The molecule has 1 atom stereocenters. The Hall–Kier alpha value is -1.15. The first-order valence-electron chi connectivity index (χ1n) is 7.06. The molecule has 3 rings (SSSR count). The lowest BCUT2D eigenvalue weighted by atomic mass is 10.1. The smallest absolute Gasteiger partial charge is 0.233 e. The monoisotopic (exact) mass is 297 g/mol. The van der Waals surface area contributed by atoms with Crippen molar-refractivity contribution in [2.75, 3.05) is 13.2 Å². The van der Waals surface area contributed by atoms with Crippen LogP contribution in [0.15, 0.2) is 5.16 Å². The molecule has 1 aliphatic heterocycles. The highest BCUT2D eigenvalue weighted by molar-refractivity contribution is 8.00. The fraction of sp³-hybridized carbons (Fsp3) is 0.833. The van der Waals surface area contributed by atoms with E-state index in [1.165, 1.54) is 11.8 Å². The number of hydrogen-bond donors (Lipinski definition) is 1. The number of tetrazole rings is 1. The summed E-state index contributed by atoms with van der Waals surface area (Å²) in [6, 6.07) is 0.664. The fourth-order valence-corrected chi connectivity index (χ4v) is 3.05. The van der Waals surface area contributed by atoms with Gasteiger partial charge in [-0.1, -0.05) is 11.8 Å². The summed E-state index contributed by atoms with van der Waals surface area (Å²) in [4.78, 5) is 12.0. The zero-order valence-corrected chi connectivity index (χ0v) is 12.3. The molecular weight excluding hydrogens is 278 g/mol. The van der Waals surface area contributed by atoms with E-state index in [2.05, 4.69) is 20.8 Å². The fourth-order valence-electron chi connectivity index (χ4n) is 2.18. The number of amides is 1. The van der Waals surface area contributed by atoms with Gasteiger partial charge in [0.05, 0.1) is 11.3 Å². The summed E-state index contributed by atoms with van der Waals surface area (Å²) in [5.74, 6) is 0.0685. The van der Waals surface area contributed by atoms with Crippen LogP contribution in [0.2, 0.25) is 0 Å². The molecule has 110 valence electrons. The Bertz CT molecular complexity index is 470. The third-order valence-corrected chi connectivity index (χ3v) is 4.62. The van der Waals surface area contributed by atoms with Gasteiger partial charge in [0.15, 0.2) is 0 Å². The van der Waals surface area contributed by atoms with E-state index in [0.29, 0.717) is 6.04 Å². The number of ether oxygens (including phenoxy) is 1. The van der Waals surface area contributed by atoms with Crippen LogP contribution in [0.3, 0.4) is 0 Å². The standard InChI is InChI=1S/C12H19N5O2S/c1-8(11(18)13-9-2-3-9)20-12-14-15-16-17(12)10-4-6-19-7-5-10/h8-10H,2-7H2,1H3,(H,13,18)/t8-/m0/s1. The quantitative estimate of drug-likeness (QED) is 0.809. The minimum absolute atomic E-state index is 0.0685. The molecule has 1 N–H and O–H groups in total. The second-order valence-corrected chi connectivity index (χ2v) is 6.60. The summed E-state index contributed by atoms with van der Waals surface area (Å²) in [6.07, 6.45) is 4.04. The molecule has 1 aromatic heterocycles. The number of rotatable bonds is 5. The van der Waals surface area contributed by atoms with Crippen molar-refractivity contribution in [2.45, 2.75) is 55.1 Å². The van der Waals surface area contributed by atoms with Gasteiger partial charge in [0.2, 0.25) is 11.1 Å². The van der Waals surface area contributed by atoms with Crippen LogP contribution in [-0.4, -0.2) is 50.6 Å². The van der Waals surface area contributed by atoms with Crippen LogP contribution in [0.25, 0.3) is 0 Å². The molecule has 1 saturated carbocycles. The molecule has 0 bridgehead atoms. The molecular formula is C12H19N5O2S. The number of carbonyl (C=O) groups is 1. The van der Waals surface area contributed by atoms with Crippen LogP contribution in [-0.2, 0) is 9.53 Å². The molecule has 1 saturated heterocycles. The number of aromatic nitrogens is 4. The number of nitrogens with zero attached hydrogens (tertiary/aromatic N) is 4. The van der Waals surface area contributed by atoms with E-state index in [-0.39, 0.29) is 17.2 Å². The average Bonchev–Trinajstić information content (AvgIpc) is 3.16. The van der Waals surface area contributed by atoms with E-state index in [1.54, 1.807) is 0 Å². The maximum absolute atomic E-state index is 12.0. The van der Waals surface area contributed by atoms with Gasteiger partial charge in [-0.3, -0.25) is 4.79 Å². The van der Waals surface area contributed by atoms with Gasteiger partial charge >= 0.3 is 0 Å². The SMILES string of the molecule is C[C@H](Sc1nnnn1C1CCOCC1)C(=O)NC1CC1. The summed E-state index contributed by atoms with van der Waals surface area (Å²) in [5.41, 5.74) is 0.